The van der Waals surface area contributed by atoms with E-state index >= 15 is 0 Å². The van der Waals surface area contributed by atoms with Gasteiger partial charge < -0.3 is 5.73 Å². The molecule has 1 atom stereocenters. The summed E-state index contributed by atoms with van der Waals surface area (Å²) in [5, 5.41) is 0. The minimum atomic E-state index is -0.0730. The standard InChI is InChI=1S/C10H13NO/c1-8(10(12)7-11)9-5-3-2-4-6-9/h2-6,8H,7,11H2,1H3. The van der Waals surface area contributed by atoms with Gasteiger partial charge in [-0.15, -0.1) is 0 Å². The predicted molar refractivity (Wildman–Crippen MR) is 48.9 cm³/mol. The van der Waals surface area contributed by atoms with Crippen LogP contribution in [0.15, 0.2) is 30.3 Å². The summed E-state index contributed by atoms with van der Waals surface area (Å²) in [7, 11) is 0. The van der Waals surface area contributed by atoms with Crippen molar-refractivity contribution >= 4 is 5.78 Å². The van der Waals surface area contributed by atoms with E-state index in [4.69, 9.17) is 5.73 Å². The molecule has 1 aromatic carbocycles. The molecule has 2 N–H and O–H groups in total. The van der Waals surface area contributed by atoms with E-state index in [1.807, 2.05) is 37.3 Å². The molecule has 2 nitrogen and oxygen atoms in total. The van der Waals surface area contributed by atoms with Crippen LogP contribution in [0.3, 0.4) is 0 Å². The van der Waals surface area contributed by atoms with Crippen molar-refractivity contribution in [1.82, 2.24) is 0 Å². The van der Waals surface area contributed by atoms with Crippen LogP contribution in [0.25, 0.3) is 0 Å². The van der Waals surface area contributed by atoms with Gasteiger partial charge in [0.25, 0.3) is 0 Å². The van der Waals surface area contributed by atoms with E-state index in [2.05, 4.69) is 0 Å². The SMILES string of the molecule is CC(C(=O)CN)c1ccccc1. The molecule has 0 radical (unpaired) electrons. The summed E-state index contributed by atoms with van der Waals surface area (Å²) >= 11 is 0. The monoisotopic (exact) mass is 163 g/mol. The highest BCUT2D eigenvalue weighted by atomic mass is 16.1. The Morgan fingerprint density at radius 3 is 2.50 bits per heavy atom. The maximum atomic E-state index is 11.2. The number of hydrogen-bond acceptors (Lipinski definition) is 2. The normalized spacial score (nSPS) is 12.5. The van der Waals surface area contributed by atoms with Gasteiger partial charge in [-0.1, -0.05) is 37.3 Å². The second kappa shape index (κ2) is 4.02. The summed E-state index contributed by atoms with van der Waals surface area (Å²) in [4.78, 5) is 11.2. The average Bonchev–Trinajstić information content (AvgIpc) is 2.17. The number of ketones is 1. The Labute approximate surface area is 72.4 Å². The van der Waals surface area contributed by atoms with Gasteiger partial charge in [0.15, 0.2) is 5.78 Å². The molecule has 0 bridgehead atoms. The van der Waals surface area contributed by atoms with Gasteiger partial charge in [-0.25, -0.2) is 0 Å². The highest BCUT2D eigenvalue weighted by Crippen LogP contribution is 2.14. The first-order chi connectivity index (χ1) is 5.75. The van der Waals surface area contributed by atoms with E-state index in [9.17, 15) is 4.79 Å². The molecular formula is C10H13NO. The van der Waals surface area contributed by atoms with Crippen LogP contribution in [0.1, 0.15) is 18.4 Å². The Hall–Kier alpha value is -1.15. The molecule has 2 heteroatoms. The van der Waals surface area contributed by atoms with Crippen LogP contribution in [0, 0.1) is 0 Å². The second-order valence-corrected chi connectivity index (χ2v) is 2.80. The fourth-order valence-electron chi connectivity index (χ4n) is 1.10. The highest BCUT2D eigenvalue weighted by Gasteiger charge is 2.11. The second-order valence-electron chi connectivity index (χ2n) is 2.80. The van der Waals surface area contributed by atoms with Crippen LogP contribution in [0.4, 0.5) is 0 Å². The highest BCUT2D eigenvalue weighted by molar-refractivity contribution is 5.86. The Morgan fingerprint density at radius 2 is 2.00 bits per heavy atom. The molecule has 0 aliphatic carbocycles. The van der Waals surface area contributed by atoms with Crippen molar-refractivity contribution in [2.45, 2.75) is 12.8 Å². The van der Waals surface area contributed by atoms with Crippen LogP contribution in [0.5, 0.6) is 0 Å². The lowest BCUT2D eigenvalue weighted by atomic mass is 9.97. The van der Waals surface area contributed by atoms with Crippen LogP contribution in [0.2, 0.25) is 0 Å². The van der Waals surface area contributed by atoms with Crippen LogP contribution in [-0.2, 0) is 4.79 Å². The van der Waals surface area contributed by atoms with Gasteiger partial charge >= 0.3 is 0 Å². The molecule has 0 aromatic heterocycles. The molecule has 0 saturated heterocycles. The van der Waals surface area contributed by atoms with Crippen molar-refractivity contribution < 1.29 is 4.79 Å². The summed E-state index contributed by atoms with van der Waals surface area (Å²) in [5.41, 5.74) is 6.30. The molecule has 64 valence electrons. The minimum Gasteiger partial charge on any atom is -0.324 e. The predicted octanol–water partition coefficient (Wildman–Crippen LogP) is 1.32. The third-order valence-corrected chi connectivity index (χ3v) is 1.98. The lowest BCUT2D eigenvalue weighted by molar-refractivity contribution is -0.118. The molecule has 0 amide bonds. The van der Waals surface area contributed by atoms with Crippen LogP contribution in [-0.4, -0.2) is 12.3 Å². The Balaban J connectivity index is 2.78. The lowest BCUT2D eigenvalue weighted by Crippen LogP contribution is -2.19. The Bertz CT molecular complexity index is 256. The number of nitrogens with two attached hydrogens (primary N) is 1. The lowest BCUT2D eigenvalue weighted by Gasteiger charge is -2.08. The zero-order chi connectivity index (χ0) is 8.97. The van der Waals surface area contributed by atoms with E-state index in [1.54, 1.807) is 0 Å². The summed E-state index contributed by atoms with van der Waals surface area (Å²) in [6.07, 6.45) is 0. The zero-order valence-corrected chi connectivity index (χ0v) is 7.16. The topological polar surface area (TPSA) is 43.1 Å². The summed E-state index contributed by atoms with van der Waals surface area (Å²) in [6, 6.07) is 9.67. The van der Waals surface area contributed by atoms with Crippen molar-refractivity contribution in [3.05, 3.63) is 35.9 Å². The molecule has 0 heterocycles. The molecule has 1 aromatic rings. The minimum absolute atomic E-state index is 0.0730. The molecule has 12 heavy (non-hydrogen) atoms. The largest absolute Gasteiger partial charge is 0.324 e. The van der Waals surface area contributed by atoms with Crippen molar-refractivity contribution in [1.29, 1.82) is 0 Å². The third-order valence-electron chi connectivity index (χ3n) is 1.98. The molecule has 1 unspecified atom stereocenters. The summed E-state index contributed by atoms with van der Waals surface area (Å²) < 4.78 is 0. The third kappa shape index (κ3) is 1.92. The molecule has 0 spiro atoms. The molecule has 0 aliphatic heterocycles. The number of rotatable bonds is 3. The van der Waals surface area contributed by atoms with Gasteiger partial charge in [-0.05, 0) is 5.56 Å². The van der Waals surface area contributed by atoms with Gasteiger partial charge in [0.2, 0.25) is 0 Å². The number of Topliss-reactive ketones (excluding diaryl/α,β-unsaturated/α-hetero) is 1. The molecule has 0 saturated carbocycles. The van der Waals surface area contributed by atoms with E-state index in [0.29, 0.717) is 0 Å². The first-order valence-corrected chi connectivity index (χ1v) is 4.03. The fourth-order valence-corrected chi connectivity index (χ4v) is 1.10. The zero-order valence-electron chi connectivity index (χ0n) is 7.16. The molecule has 0 fully saturated rings. The number of carbonyl (C=O) groups is 1. The number of hydrogen-bond donors (Lipinski definition) is 1. The van der Waals surface area contributed by atoms with E-state index in [0.717, 1.165) is 5.56 Å². The van der Waals surface area contributed by atoms with Crippen LogP contribution >= 0.6 is 0 Å². The smallest absolute Gasteiger partial charge is 0.153 e. The molecule has 1 rings (SSSR count). The van der Waals surface area contributed by atoms with Gasteiger partial charge in [0.05, 0.1) is 6.54 Å². The number of benzene rings is 1. The van der Waals surface area contributed by atoms with E-state index < -0.39 is 0 Å². The quantitative estimate of drug-likeness (QED) is 0.730. The first-order valence-electron chi connectivity index (χ1n) is 4.03. The van der Waals surface area contributed by atoms with Gasteiger partial charge in [0.1, 0.15) is 0 Å². The van der Waals surface area contributed by atoms with E-state index in [-0.39, 0.29) is 18.2 Å². The van der Waals surface area contributed by atoms with Crippen molar-refractivity contribution in [3.63, 3.8) is 0 Å². The molecular weight excluding hydrogens is 150 g/mol. The summed E-state index contributed by atoms with van der Waals surface area (Å²) in [6.45, 7) is 2.00. The van der Waals surface area contributed by atoms with Gasteiger partial charge in [-0.3, -0.25) is 4.79 Å². The van der Waals surface area contributed by atoms with Crippen molar-refractivity contribution in [2.24, 2.45) is 5.73 Å². The number of carbonyl (C=O) groups excluding carboxylic acids is 1. The van der Waals surface area contributed by atoms with Gasteiger partial charge in [-0.2, -0.15) is 0 Å². The maximum absolute atomic E-state index is 11.2. The maximum Gasteiger partial charge on any atom is 0.153 e. The fraction of sp³-hybridized carbons (Fsp3) is 0.300. The summed E-state index contributed by atoms with van der Waals surface area (Å²) in [5.74, 6) is 0.0115. The molecule has 0 aliphatic rings. The van der Waals surface area contributed by atoms with Crippen LogP contribution < -0.4 is 5.73 Å². The Kier molecular flexibility index (Phi) is 3.00. The van der Waals surface area contributed by atoms with Crippen molar-refractivity contribution in [2.75, 3.05) is 6.54 Å². The first kappa shape index (κ1) is 8.94. The average molecular weight is 163 g/mol. The van der Waals surface area contributed by atoms with E-state index in [1.165, 1.54) is 0 Å². The van der Waals surface area contributed by atoms with Gasteiger partial charge in [0, 0.05) is 5.92 Å². The van der Waals surface area contributed by atoms with Crippen molar-refractivity contribution in [3.8, 4) is 0 Å². The Morgan fingerprint density at radius 1 is 1.42 bits per heavy atom.